The number of carbonyl (C=O) groups excluding carboxylic acids is 1. The SMILES string of the molecule is O=C(NCCCN1CCOCC1)[C@@H]1C[C@H]2CC[C@H]1C2. The van der Waals surface area contributed by atoms with Gasteiger partial charge in [-0.05, 0) is 44.1 Å². The highest BCUT2D eigenvalue weighted by molar-refractivity contribution is 5.79. The van der Waals surface area contributed by atoms with Gasteiger partial charge in [-0.25, -0.2) is 0 Å². The van der Waals surface area contributed by atoms with E-state index in [2.05, 4.69) is 10.2 Å². The number of morpholine rings is 1. The second kappa shape index (κ2) is 6.23. The monoisotopic (exact) mass is 266 g/mol. The molecule has 0 radical (unpaired) electrons. The lowest BCUT2D eigenvalue weighted by molar-refractivity contribution is -0.126. The van der Waals surface area contributed by atoms with E-state index in [1.54, 1.807) is 0 Å². The maximum Gasteiger partial charge on any atom is 0.223 e. The molecular weight excluding hydrogens is 240 g/mol. The number of nitrogens with zero attached hydrogens (tertiary/aromatic N) is 1. The third-order valence-electron chi connectivity index (χ3n) is 5.13. The summed E-state index contributed by atoms with van der Waals surface area (Å²) < 4.78 is 5.33. The fourth-order valence-electron chi connectivity index (χ4n) is 4.04. The smallest absolute Gasteiger partial charge is 0.223 e. The number of carbonyl (C=O) groups is 1. The zero-order valence-electron chi connectivity index (χ0n) is 11.8. The molecule has 1 aliphatic heterocycles. The summed E-state index contributed by atoms with van der Waals surface area (Å²) in [6, 6.07) is 0. The first-order valence-electron chi connectivity index (χ1n) is 7.91. The van der Waals surface area contributed by atoms with Crippen LogP contribution in [0.4, 0.5) is 0 Å². The van der Waals surface area contributed by atoms with E-state index in [1.165, 1.54) is 19.3 Å². The molecule has 3 atom stereocenters. The van der Waals surface area contributed by atoms with Crippen molar-refractivity contribution in [3.63, 3.8) is 0 Å². The highest BCUT2D eigenvalue weighted by Gasteiger charge is 2.42. The van der Waals surface area contributed by atoms with Gasteiger partial charge in [0.2, 0.25) is 5.91 Å². The van der Waals surface area contributed by atoms with E-state index < -0.39 is 0 Å². The van der Waals surface area contributed by atoms with Crippen LogP contribution in [-0.2, 0) is 9.53 Å². The summed E-state index contributed by atoms with van der Waals surface area (Å²) in [6.45, 7) is 5.72. The lowest BCUT2D eigenvalue weighted by Crippen LogP contribution is -2.39. The Morgan fingerprint density at radius 2 is 2.05 bits per heavy atom. The van der Waals surface area contributed by atoms with Crippen LogP contribution in [0.3, 0.4) is 0 Å². The molecule has 1 N–H and O–H groups in total. The quantitative estimate of drug-likeness (QED) is 0.762. The molecule has 1 saturated heterocycles. The minimum absolute atomic E-state index is 0.328. The van der Waals surface area contributed by atoms with Crippen molar-refractivity contribution in [2.24, 2.45) is 17.8 Å². The maximum absolute atomic E-state index is 12.1. The predicted octanol–water partition coefficient (Wildman–Crippen LogP) is 1.26. The Balaban J connectivity index is 1.30. The van der Waals surface area contributed by atoms with Crippen molar-refractivity contribution in [1.29, 1.82) is 0 Å². The Morgan fingerprint density at radius 1 is 1.21 bits per heavy atom. The zero-order chi connectivity index (χ0) is 13.1. The van der Waals surface area contributed by atoms with Gasteiger partial charge in [0.1, 0.15) is 0 Å². The van der Waals surface area contributed by atoms with E-state index in [9.17, 15) is 4.79 Å². The normalized spacial score (nSPS) is 34.6. The molecule has 0 aromatic carbocycles. The molecule has 3 fully saturated rings. The van der Waals surface area contributed by atoms with Crippen LogP contribution in [0.25, 0.3) is 0 Å². The molecule has 19 heavy (non-hydrogen) atoms. The van der Waals surface area contributed by atoms with Crippen molar-refractivity contribution in [3.05, 3.63) is 0 Å². The molecule has 0 aromatic rings. The van der Waals surface area contributed by atoms with E-state index in [1.807, 2.05) is 0 Å². The number of fused-ring (bicyclic) bond motifs is 2. The standard InChI is InChI=1S/C15H26N2O2/c18-15(14-11-12-2-3-13(14)10-12)16-4-1-5-17-6-8-19-9-7-17/h12-14H,1-11H2,(H,16,18)/t12-,13-,14+/m0/s1. The summed E-state index contributed by atoms with van der Waals surface area (Å²) in [5.41, 5.74) is 0. The summed E-state index contributed by atoms with van der Waals surface area (Å²) in [4.78, 5) is 14.6. The number of rotatable bonds is 5. The number of amides is 1. The summed E-state index contributed by atoms with van der Waals surface area (Å²) in [6.07, 6.45) is 6.18. The van der Waals surface area contributed by atoms with Crippen LogP contribution in [-0.4, -0.2) is 50.2 Å². The second-order valence-corrected chi connectivity index (χ2v) is 6.38. The van der Waals surface area contributed by atoms with E-state index in [4.69, 9.17) is 4.74 Å². The van der Waals surface area contributed by atoms with Gasteiger partial charge in [0.25, 0.3) is 0 Å². The highest BCUT2D eigenvalue weighted by Crippen LogP contribution is 2.48. The molecule has 2 saturated carbocycles. The molecule has 108 valence electrons. The number of hydrogen-bond donors (Lipinski definition) is 1. The molecule has 0 aromatic heterocycles. The largest absolute Gasteiger partial charge is 0.379 e. The lowest BCUT2D eigenvalue weighted by atomic mass is 9.88. The van der Waals surface area contributed by atoms with Gasteiger partial charge in [-0.2, -0.15) is 0 Å². The Labute approximate surface area is 115 Å². The average Bonchev–Trinajstić information content (AvgIpc) is 3.07. The van der Waals surface area contributed by atoms with Gasteiger partial charge in [-0.3, -0.25) is 9.69 Å². The van der Waals surface area contributed by atoms with E-state index >= 15 is 0 Å². The van der Waals surface area contributed by atoms with Crippen molar-refractivity contribution in [2.45, 2.75) is 32.1 Å². The first-order chi connectivity index (χ1) is 9.33. The topological polar surface area (TPSA) is 41.6 Å². The summed E-state index contributed by atoms with van der Waals surface area (Å²) in [5.74, 6) is 2.22. The minimum Gasteiger partial charge on any atom is -0.379 e. The molecule has 0 spiro atoms. The van der Waals surface area contributed by atoms with Crippen LogP contribution >= 0.6 is 0 Å². The molecular formula is C15H26N2O2. The van der Waals surface area contributed by atoms with Crippen LogP contribution in [0.1, 0.15) is 32.1 Å². The Hall–Kier alpha value is -0.610. The van der Waals surface area contributed by atoms with Gasteiger partial charge in [0.15, 0.2) is 0 Å². The molecule has 1 heterocycles. The highest BCUT2D eigenvalue weighted by atomic mass is 16.5. The molecule has 4 heteroatoms. The lowest BCUT2D eigenvalue weighted by Gasteiger charge is -2.26. The average molecular weight is 266 g/mol. The second-order valence-electron chi connectivity index (χ2n) is 6.38. The summed E-state index contributed by atoms with van der Waals surface area (Å²) in [5, 5.41) is 3.15. The van der Waals surface area contributed by atoms with Crippen LogP contribution in [0.2, 0.25) is 0 Å². The van der Waals surface area contributed by atoms with Gasteiger partial charge in [0, 0.05) is 25.6 Å². The first-order valence-corrected chi connectivity index (χ1v) is 7.91. The maximum atomic E-state index is 12.1. The van der Waals surface area contributed by atoms with E-state index in [0.717, 1.165) is 58.2 Å². The Bertz CT molecular complexity index is 315. The fourth-order valence-corrected chi connectivity index (χ4v) is 4.04. The van der Waals surface area contributed by atoms with E-state index in [0.29, 0.717) is 17.7 Å². The van der Waals surface area contributed by atoms with Gasteiger partial charge >= 0.3 is 0 Å². The van der Waals surface area contributed by atoms with Gasteiger partial charge < -0.3 is 10.1 Å². The third-order valence-corrected chi connectivity index (χ3v) is 5.13. The van der Waals surface area contributed by atoms with Crippen LogP contribution in [0.5, 0.6) is 0 Å². The predicted molar refractivity (Wildman–Crippen MR) is 73.8 cm³/mol. The molecule has 2 aliphatic carbocycles. The molecule has 3 rings (SSSR count). The van der Waals surface area contributed by atoms with Gasteiger partial charge in [0.05, 0.1) is 13.2 Å². The van der Waals surface area contributed by atoms with Crippen LogP contribution in [0.15, 0.2) is 0 Å². The molecule has 0 unspecified atom stereocenters. The Morgan fingerprint density at radius 3 is 2.74 bits per heavy atom. The molecule has 1 amide bonds. The van der Waals surface area contributed by atoms with Crippen molar-refractivity contribution >= 4 is 5.91 Å². The summed E-state index contributed by atoms with van der Waals surface area (Å²) >= 11 is 0. The molecule has 4 nitrogen and oxygen atoms in total. The summed E-state index contributed by atoms with van der Waals surface area (Å²) in [7, 11) is 0. The van der Waals surface area contributed by atoms with Crippen LogP contribution in [0, 0.1) is 17.8 Å². The van der Waals surface area contributed by atoms with Crippen molar-refractivity contribution in [2.75, 3.05) is 39.4 Å². The number of nitrogens with one attached hydrogen (secondary N) is 1. The third kappa shape index (κ3) is 3.29. The zero-order valence-corrected chi connectivity index (χ0v) is 11.8. The van der Waals surface area contributed by atoms with Crippen LogP contribution < -0.4 is 5.32 Å². The van der Waals surface area contributed by atoms with Crippen molar-refractivity contribution in [1.82, 2.24) is 10.2 Å². The molecule has 2 bridgehead atoms. The fraction of sp³-hybridized carbons (Fsp3) is 0.933. The minimum atomic E-state index is 0.328. The van der Waals surface area contributed by atoms with Gasteiger partial charge in [-0.1, -0.05) is 6.42 Å². The van der Waals surface area contributed by atoms with Gasteiger partial charge in [-0.15, -0.1) is 0 Å². The molecule has 3 aliphatic rings. The number of ether oxygens (including phenoxy) is 1. The van der Waals surface area contributed by atoms with Crippen molar-refractivity contribution < 1.29 is 9.53 Å². The van der Waals surface area contributed by atoms with Crippen molar-refractivity contribution in [3.8, 4) is 0 Å². The van der Waals surface area contributed by atoms with E-state index in [-0.39, 0.29) is 0 Å². The number of hydrogen-bond acceptors (Lipinski definition) is 3. The Kier molecular flexibility index (Phi) is 4.38. The first kappa shape index (κ1) is 13.4.